The van der Waals surface area contributed by atoms with Crippen molar-refractivity contribution in [2.24, 2.45) is 0 Å². The third-order valence-corrected chi connectivity index (χ3v) is 3.73. The zero-order valence-electron chi connectivity index (χ0n) is 13.4. The van der Waals surface area contributed by atoms with E-state index in [1.165, 1.54) is 0 Å². The Morgan fingerprint density at radius 2 is 2.08 bits per heavy atom. The Bertz CT molecular complexity index is 694. The minimum Gasteiger partial charge on any atom is -0.508 e. The Morgan fingerprint density at radius 1 is 1.33 bits per heavy atom. The number of ether oxygens (including phenoxy) is 1. The number of aromatic hydroxyl groups is 1. The average molecular weight is 333 g/mol. The number of phenols is 1. The molecule has 0 saturated carbocycles. The maximum absolute atomic E-state index is 14.0. The van der Waals surface area contributed by atoms with Crippen molar-refractivity contribution < 1.29 is 14.2 Å². The van der Waals surface area contributed by atoms with Crippen LogP contribution in [0, 0.1) is 5.82 Å². The fourth-order valence-corrected chi connectivity index (χ4v) is 2.52. The normalized spacial score (nSPS) is 14.9. The summed E-state index contributed by atoms with van der Waals surface area (Å²) in [5, 5.41) is 11.5. The number of benzene rings is 1. The highest BCUT2D eigenvalue weighted by atomic mass is 19.1. The molecule has 0 spiro atoms. The lowest BCUT2D eigenvalue weighted by Gasteiger charge is -2.28. The van der Waals surface area contributed by atoms with Crippen molar-refractivity contribution in [1.82, 2.24) is 15.0 Å². The highest BCUT2D eigenvalue weighted by Crippen LogP contribution is 2.20. The molecule has 1 aliphatic heterocycles. The molecule has 8 heteroatoms. The number of para-hydroxylation sites is 1. The Morgan fingerprint density at radius 3 is 2.83 bits per heavy atom. The lowest BCUT2D eigenvalue weighted by atomic mass is 10.2. The molecule has 3 rings (SSSR count). The number of nitrogens with zero attached hydrogens (tertiary/aromatic N) is 4. The van der Waals surface area contributed by atoms with Crippen molar-refractivity contribution >= 4 is 11.8 Å². The number of phenolic OH excluding ortho intramolecular Hbond substituents is 1. The molecule has 2 N–H and O–H groups in total. The quantitative estimate of drug-likeness (QED) is 0.806. The highest BCUT2D eigenvalue weighted by molar-refractivity contribution is 5.44. The van der Waals surface area contributed by atoms with Crippen LogP contribution in [-0.4, -0.2) is 53.4 Å². The van der Waals surface area contributed by atoms with E-state index in [1.54, 1.807) is 24.2 Å². The summed E-state index contributed by atoms with van der Waals surface area (Å²) in [5.74, 6) is 0.341. The third kappa shape index (κ3) is 3.90. The summed E-state index contributed by atoms with van der Waals surface area (Å²) in [6.07, 6.45) is 1.16. The number of hydrogen-bond donors (Lipinski definition) is 2. The van der Waals surface area contributed by atoms with E-state index in [0.717, 1.165) is 11.8 Å². The van der Waals surface area contributed by atoms with Crippen LogP contribution in [0.25, 0.3) is 0 Å². The predicted octanol–water partition coefficient (Wildman–Crippen LogP) is 1.62. The molecule has 0 aliphatic carbocycles. The van der Waals surface area contributed by atoms with E-state index in [4.69, 9.17) is 4.74 Å². The molecule has 2 heterocycles. The molecule has 1 aromatic carbocycles. The number of nitrogens with one attached hydrogen (secondary N) is 1. The molecule has 0 radical (unpaired) electrons. The number of anilines is 2. The van der Waals surface area contributed by atoms with Crippen LogP contribution in [0.5, 0.6) is 5.75 Å². The van der Waals surface area contributed by atoms with E-state index in [0.29, 0.717) is 38.8 Å². The van der Waals surface area contributed by atoms with Crippen LogP contribution in [-0.2, 0) is 11.3 Å². The van der Waals surface area contributed by atoms with Gasteiger partial charge in [-0.1, -0.05) is 18.2 Å². The molecule has 0 unspecified atom stereocenters. The van der Waals surface area contributed by atoms with E-state index in [-0.39, 0.29) is 11.6 Å². The Kier molecular flexibility index (Phi) is 5.07. The van der Waals surface area contributed by atoms with Crippen molar-refractivity contribution in [2.75, 3.05) is 43.7 Å². The maximum atomic E-state index is 14.0. The van der Waals surface area contributed by atoms with Crippen LogP contribution >= 0.6 is 0 Å². The Hall–Kier alpha value is -2.45. The number of rotatable bonds is 5. The van der Waals surface area contributed by atoms with Gasteiger partial charge in [0.2, 0.25) is 5.95 Å². The zero-order valence-corrected chi connectivity index (χ0v) is 13.4. The molecular formula is C16H20FN5O2. The minimum absolute atomic E-state index is 0.222. The molecule has 1 fully saturated rings. The first-order chi connectivity index (χ1) is 11.6. The molecule has 0 bridgehead atoms. The summed E-state index contributed by atoms with van der Waals surface area (Å²) in [5.41, 5.74) is 3.77. The highest BCUT2D eigenvalue weighted by Gasteiger charge is 2.18. The molecule has 1 aromatic heterocycles. The average Bonchev–Trinajstić information content (AvgIpc) is 2.59. The van der Waals surface area contributed by atoms with E-state index < -0.39 is 5.82 Å². The van der Waals surface area contributed by atoms with Gasteiger partial charge in [0.25, 0.3) is 0 Å². The van der Waals surface area contributed by atoms with Crippen molar-refractivity contribution in [3.8, 4) is 5.75 Å². The van der Waals surface area contributed by atoms with Gasteiger partial charge in [-0.15, -0.1) is 0 Å². The fourth-order valence-electron chi connectivity index (χ4n) is 2.52. The van der Waals surface area contributed by atoms with Gasteiger partial charge in [-0.3, -0.25) is 5.43 Å². The second-order valence-electron chi connectivity index (χ2n) is 5.56. The molecule has 0 amide bonds. The van der Waals surface area contributed by atoms with Gasteiger partial charge < -0.3 is 14.7 Å². The standard InChI is InChI=1S/C16H20FN5O2/c1-21(11-12-4-2-3-5-14(12)23)20-16-18-10-13(17)15(19-16)22-6-8-24-9-7-22/h2-5,10,23H,6-9,11H2,1H3,(H,18,19,20). The molecule has 7 nitrogen and oxygen atoms in total. The van der Waals surface area contributed by atoms with Gasteiger partial charge >= 0.3 is 0 Å². The van der Waals surface area contributed by atoms with Gasteiger partial charge in [-0.05, 0) is 6.07 Å². The lowest BCUT2D eigenvalue weighted by molar-refractivity contribution is 0.122. The third-order valence-electron chi connectivity index (χ3n) is 3.73. The Labute approximate surface area is 139 Å². The van der Waals surface area contributed by atoms with Crippen LogP contribution < -0.4 is 10.3 Å². The van der Waals surface area contributed by atoms with Crippen LogP contribution in [0.3, 0.4) is 0 Å². The first-order valence-corrected chi connectivity index (χ1v) is 7.73. The van der Waals surface area contributed by atoms with Crippen molar-refractivity contribution in [3.05, 3.63) is 41.8 Å². The second-order valence-corrected chi connectivity index (χ2v) is 5.56. The van der Waals surface area contributed by atoms with Crippen molar-refractivity contribution in [2.45, 2.75) is 6.54 Å². The number of morpholine rings is 1. The van der Waals surface area contributed by atoms with Crippen molar-refractivity contribution in [1.29, 1.82) is 0 Å². The van der Waals surface area contributed by atoms with Gasteiger partial charge in [-0.2, -0.15) is 4.98 Å². The first kappa shape index (κ1) is 16.4. The zero-order chi connectivity index (χ0) is 16.9. The van der Waals surface area contributed by atoms with Crippen LogP contribution in [0.1, 0.15) is 5.56 Å². The number of aromatic nitrogens is 2. The smallest absolute Gasteiger partial charge is 0.239 e. The summed E-state index contributed by atoms with van der Waals surface area (Å²) in [6, 6.07) is 7.09. The predicted molar refractivity (Wildman–Crippen MR) is 88.2 cm³/mol. The minimum atomic E-state index is -0.453. The largest absolute Gasteiger partial charge is 0.508 e. The summed E-state index contributed by atoms with van der Waals surface area (Å²) in [6.45, 7) is 2.75. The van der Waals surface area contributed by atoms with E-state index in [9.17, 15) is 9.50 Å². The lowest BCUT2D eigenvalue weighted by Crippen LogP contribution is -2.37. The number of hydrazine groups is 1. The van der Waals surface area contributed by atoms with Crippen LogP contribution in [0.4, 0.5) is 16.2 Å². The topological polar surface area (TPSA) is 73.8 Å². The second kappa shape index (κ2) is 7.41. The van der Waals surface area contributed by atoms with Gasteiger partial charge in [0.15, 0.2) is 11.6 Å². The summed E-state index contributed by atoms with van der Waals surface area (Å²) in [4.78, 5) is 10.1. The molecular weight excluding hydrogens is 313 g/mol. The molecule has 1 saturated heterocycles. The fraction of sp³-hybridized carbons (Fsp3) is 0.375. The van der Waals surface area contributed by atoms with Crippen molar-refractivity contribution in [3.63, 3.8) is 0 Å². The summed E-state index contributed by atoms with van der Waals surface area (Å²) < 4.78 is 19.3. The molecule has 1 aliphatic rings. The van der Waals surface area contributed by atoms with E-state index >= 15 is 0 Å². The monoisotopic (exact) mass is 333 g/mol. The summed E-state index contributed by atoms with van der Waals surface area (Å²) >= 11 is 0. The van der Waals surface area contributed by atoms with Gasteiger partial charge in [0.05, 0.1) is 19.4 Å². The molecule has 2 aromatic rings. The Balaban J connectivity index is 1.69. The van der Waals surface area contributed by atoms with Gasteiger partial charge in [0, 0.05) is 32.2 Å². The number of hydrogen-bond acceptors (Lipinski definition) is 7. The molecule has 0 atom stereocenters. The summed E-state index contributed by atoms with van der Waals surface area (Å²) in [7, 11) is 1.80. The molecule has 24 heavy (non-hydrogen) atoms. The number of halogens is 1. The van der Waals surface area contributed by atoms with Gasteiger partial charge in [-0.25, -0.2) is 14.4 Å². The molecule has 128 valence electrons. The van der Waals surface area contributed by atoms with E-state index in [2.05, 4.69) is 15.4 Å². The van der Waals surface area contributed by atoms with Crippen LogP contribution in [0.15, 0.2) is 30.5 Å². The van der Waals surface area contributed by atoms with Crippen LogP contribution in [0.2, 0.25) is 0 Å². The first-order valence-electron chi connectivity index (χ1n) is 7.73. The van der Waals surface area contributed by atoms with Gasteiger partial charge in [0.1, 0.15) is 5.75 Å². The van der Waals surface area contributed by atoms with E-state index in [1.807, 2.05) is 17.0 Å². The maximum Gasteiger partial charge on any atom is 0.239 e. The SMILES string of the molecule is CN(Cc1ccccc1O)Nc1ncc(F)c(N2CCOCC2)n1.